The minimum absolute atomic E-state index is 0.192. The highest BCUT2D eigenvalue weighted by atomic mass is 35.5. The van der Waals surface area contributed by atoms with Gasteiger partial charge in [-0.2, -0.15) is 5.10 Å². The van der Waals surface area contributed by atoms with Crippen LogP contribution in [-0.2, 0) is 6.61 Å². The number of carbonyl (C=O) groups excluding carboxylic acids is 1. The normalized spacial score (nSPS) is 11.3. The van der Waals surface area contributed by atoms with E-state index in [0.717, 1.165) is 27.3 Å². The van der Waals surface area contributed by atoms with Crippen molar-refractivity contribution in [3.8, 4) is 11.5 Å². The van der Waals surface area contributed by atoms with Crippen molar-refractivity contribution in [2.45, 2.75) is 13.5 Å². The fourth-order valence-electron chi connectivity index (χ4n) is 3.89. The van der Waals surface area contributed by atoms with Gasteiger partial charge in [0, 0.05) is 16.0 Å². The summed E-state index contributed by atoms with van der Waals surface area (Å²) in [6.07, 6.45) is 1.54. The number of hydrogen-bond acceptors (Lipinski definition) is 5. The monoisotopic (exact) mass is 498 g/mol. The standard InChI is InChI=1S/C29H23ClN2O4/c1-2-34-27-15-19(11-13-26(27)35-18-21-8-4-6-10-24(21)30)17-31-32-29(33)28-16-23-22-9-5-3-7-20(22)12-14-25(23)36-28/h3-17H,2,18H2,1H3,(H,32,33). The number of nitrogens with one attached hydrogen (secondary N) is 1. The molecular formula is C29H23ClN2O4. The van der Waals surface area contributed by atoms with Crippen molar-refractivity contribution >= 4 is 45.5 Å². The Morgan fingerprint density at radius 2 is 1.78 bits per heavy atom. The van der Waals surface area contributed by atoms with E-state index in [4.69, 9.17) is 25.5 Å². The summed E-state index contributed by atoms with van der Waals surface area (Å²) < 4.78 is 17.4. The second kappa shape index (κ2) is 10.5. The van der Waals surface area contributed by atoms with Gasteiger partial charge >= 0.3 is 5.91 Å². The Hall–Kier alpha value is -4.29. The zero-order chi connectivity index (χ0) is 24.9. The lowest BCUT2D eigenvalue weighted by molar-refractivity contribution is 0.0929. The Bertz CT molecular complexity index is 1570. The molecule has 0 spiro atoms. The SMILES string of the molecule is CCOc1cc(C=NNC(=O)c2cc3c(ccc4ccccc43)o2)ccc1OCc1ccccc1Cl. The molecule has 1 aromatic heterocycles. The maximum atomic E-state index is 12.6. The molecule has 0 radical (unpaired) electrons. The van der Waals surface area contributed by atoms with Crippen molar-refractivity contribution in [3.63, 3.8) is 0 Å². The van der Waals surface area contributed by atoms with Gasteiger partial charge in [0.1, 0.15) is 12.2 Å². The molecule has 0 unspecified atom stereocenters. The van der Waals surface area contributed by atoms with E-state index < -0.39 is 5.91 Å². The van der Waals surface area contributed by atoms with Gasteiger partial charge in [-0.15, -0.1) is 0 Å². The van der Waals surface area contributed by atoms with Gasteiger partial charge < -0.3 is 13.9 Å². The molecule has 180 valence electrons. The number of nitrogens with zero attached hydrogens (tertiary/aromatic N) is 1. The van der Waals surface area contributed by atoms with Crippen molar-refractivity contribution in [1.29, 1.82) is 0 Å². The number of amides is 1. The molecule has 36 heavy (non-hydrogen) atoms. The number of rotatable bonds is 8. The molecule has 0 aliphatic rings. The first-order chi connectivity index (χ1) is 17.6. The average Bonchev–Trinajstić information content (AvgIpc) is 3.34. The predicted octanol–water partition coefficient (Wildman–Crippen LogP) is 6.98. The lowest BCUT2D eigenvalue weighted by Crippen LogP contribution is -2.16. The summed E-state index contributed by atoms with van der Waals surface area (Å²) in [6.45, 7) is 2.69. The Morgan fingerprint density at radius 1 is 0.944 bits per heavy atom. The molecule has 0 saturated heterocycles. The molecule has 1 amide bonds. The molecule has 5 rings (SSSR count). The van der Waals surface area contributed by atoms with Crippen molar-refractivity contribution in [3.05, 3.63) is 107 Å². The third-order valence-electron chi connectivity index (χ3n) is 5.64. The third kappa shape index (κ3) is 5.04. The van der Waals surface area contributed by atoms with E-state index in [-0.39, 0.29) is 5.76 Å². The Labute approximate surface area is 213 Å². The van der Waals surface area contributed by atoms with Crippen LogP contribution in [0.15, 0.2) is 94.4 Å². The van der Waals surface area contributed by atoms with Crippen LogP contribution < -0.4 is 14.9 Å². The van der Waals surface area contributed by atoms with Crippen molar-refractivity contribution in [2.75, 3.05) is 6.61 Å². The maximum Gasteiger partial charge on any atom is 0.307 e. The molecule has 5 aromatic rings. The first-order valence-corrected chi connectivity index (χ1v) is 11.9. The number of carbonyl (C=O) groups is 1. The van der Waals surface area contributed by atoms with Crippen LogP contribution in [0.25, 0.3) is 21.7 Å². The molecule has 0 saturated carbocycles. The van der Waals surface area contributed by atoms with E-state index in [1.165, 1.54) is 6.21 Å². The third-order valence-corrected chi connectivity index (χ3v) is 6.01. The van der Waals surface area contributed by atoms with Crippen LogP contribution >= 0.6 is 11.6 Å². The molecule has 0 atom stereocenters. The maximum absolute atomic E-state index is 12.6. The molecule has 1 heterocycles. The summed E-state index contributed by atoms with van der Waals surface area (Å²) in [7, 11) is 0. The van der Waals surface area contributed by atoms with Gasteiger partial charge in [0.25, 0.3) is 0 Å². The number of hydrazone groups is 1. The molecule has 4 aromatic carbocycles. The van der Waals surface area contributed by atoms with E-state index in [0.29, 0.717) is 35.3 Å². The lowest BCUT2D eigenvalue weighted by Gasteiger charge is -2.13. The van der Waals surface area contributed by atoms with Gasteiger partial charge in [0.15, 0.2) is 17.3 Å². The zero-order valence-corrected chi connectivity index (χ0v) is 20.3. The van der Waals surface area contributed by atoms with E-state index in [9.17, 15) is 4.79 Å². The molecule has 0 fully saturated rings. The summed E-state index contributed by atoms with van der Waals surface area (Å²) >= 11 is 6.22. The van der Waals surface area contributed by atoms with E-state index in [1.54, 1.807) is 18.2 Å². The van der Waals surface area contributed by atoms with Gasteiger partial charge in [0.05, 0.1) is 12.8 Å². The van der Waals surface area contributed by atoms with Gasteiger partial charge in [-0.3, -0.25) is 4.79 Å². The summed E-state index contributed by atoms with van der Waals surface area (Å²) in [6, 6.07) is 26.5. The minimum atomic E-state index is -0.434. The second-order valence-corrected chi connectivity index (χ2v) is 8.43. The van der Waals surface area contributed by atoms with E-state index in [1.807, 2.05) is 73.7 Å². The van der Waals surface area contributed by atoms with Gasteiger partial charge in [-0.05, 0) is 59.7 Å². The quantitative estimate of drug-likeness (QED) is 0.185. The predicted molar refractivity (Wildman–Crippen MR) is 142 cm³/mol. The Kier molecular flexibility index (Phi) is 6.87. The summed E-state index contributed by atoms with van der Waals surface area (Å²) in [5.41, 5.74) is 4.79. The van der Waals surface area contributed by atoms with Gasteiger partial charge in [-0.1, -0.05) is 60.1 Å². The molecular weight excluding hydrogens is 476 g/mol. The van der Waals surface area contributed by atoms with Crippen LogP contribution in [0.2, 0.25) is 5.02 Å². The number of benzene rings is 4. The molecule has 1 N–H and O–H groups in total. The summed E-state index contributed by atoms with van der Waals surface area (Å²) in [5, 5.41) is 7.73. The van der Waals surface area contributed by atoms with Crippen LogP contribution in [0.1, 0.15) is 28.6 Å². The van der Waals surface area contributed by atoms with Gasteiger partial charge in [-0.25, -0.2) is 5.43 Å². The summed E-state index contributed by atoms with van der Waals surface area (Å²) in [4.78, 5) is 12.6. The van der Waals surface area contributed by atoms with Crippen LogP contribution in [0.4, 0.5) is 0 Å². The number of hydrogen-bond donors (Lipinski definition) is 1. The topological polar surface area (TPSA) is 73.1 Å². The number of fused-ring (bicyclic) bond motifs is 3. The number of ether oxygens (including phenoxy) is 2. The van der Waals surface area contributed by atoms with Crippen molar-refractivity contribution in [1.82, 2.24) is 5.43 Å². The molecule has 0 aliphatic carbocycles. The first kappa shape index (κ1) is 23.5. The smallest absolute Gasteiger partial charge is 0.307 e. The highest BCUT2D eigenvalue weighted by Gasteiger charge is 2.13. The van der Waals surface area contributed by atoms with Crippen LogP contribution in [0.5, 0.6) is 11.5 Å². The fourth-order valence-corrected chi connectivity index (χ4v) is 4.08. The highest BCUT2D eigenvalue weighted by Crippen LogP contribution is 2.30. The van der Waals surface area contributed by atoms with Crippen molar-refractivity contribution in [2.24, 2.45) is 5.10 Å². The largest absolute Gasteiger partial charge is 0.490 e. The first-order valence-electron chi connectivity index (χ1n) is 11.5. The molecule has 0 bridgehead atoms. The highest BCUT2D eigenvalue weighted by molar-refractivity contribution is 6.31. The molecule has 6 nitrogen and oxygen atoms in total. The van der Waals surface area contributed by atoms with Crippen LogP contribution in [-0.4, -0.2) is 18.7 Å². The molecule has 7 heteroatoms. The zero-order valence-electron chi connectivity index (χ0n) is 19.5. The van der Waals surface area contributed by atoms with Gasteiger partial charge in [0.2, 0.25) is 0 Å². The van der Waals surface area contributed by atoms with Crippen molar-refractivity contribution < 1.29 is 18.7 Å². The molecule has 0 aliphatic heterocycles. The fraction of sp³-hybridized carbons (Fsp3) is 0.103. The average molecular weight is 499 g/mol. The Morgan fingerprint density at radius 3 is 2.64 bits per heavy atom. The van der Waals surface area contributed by atoms with E-state index >= 15 is 0 Å². The van der Waals surface area contributed by atoms with Crippen LogP contribution in [0.3, 0.4) is 0 Å². The minimum Gasteiger partial charge on any atom is -0.490 e. The summed E-state index contributed by atoms with van der Waals surface area (Å²) in [5.74, 6) is 0.921. The van der Waals surface area contributed by atoms with E-state index in [2.05, 4.69) is 10.5 Å². The van der Waals surface area contributed by atoms with Crippen LogP contribution in [0, 0.1) is 0 Å². The second-order valence-electron chi connectivity index (χ2n) is 8.03. The number of furan rings is 1. The number of halogens is 1. The Balaban J connectivity index is 1.28. The lowest BCUT2D eigenvalue weighted by atomic mass is 10.1.